The maximum Gasteiger partial charge on any atom is 0.318 e. The number of nitrogens with one attached hydrogen (secondary N) is 1. The lowest BCUT2D eigenvalue weighted by Crippen LogP contribution is -2.32. The molecule has 0 aliphatic carbocycles. The van der Waals surface area contributed by atoms with E-state index in [1.165, 1.54) is 6.07 Å². The number of benzene rings is 1. The first-order valence-corrected chi connectivity index (χ1v) is 6.23. The number of carbonyl (C=O) groups excluding carboxylic acids is 1. The van der Waals surface area contributed by atoms with Crippen LogP contribution in [0.25, 0.3) is 0 Å². The van der Waals surface area contributed by atoms with Gasteiger partial charge in [0.05, 0.1) is 6.04 Å². The summed E-state index contributed by atoms with van der Waals surface area (Å²) in [5, 5.41) is 2.75. The molecule has 1 aliphatic rings. The number of nitrogens with two attached hydrogens (primary N) is 1. The Morgan fingerprint density at radius 1 is 1.47 bits per heavy atom. The smallest absolute Gasteiger partial charge is 0.318 e. The van der Waals surface area contributed by atoms with Crippen LogP contribution in [0.5, 0.6) is 0 Å². The maximum absolute atomic E-state index is 13.2. The van der Waals surface area contributed by atoms with E-state index in [1.54, 1.807) is 4.90 Å². The van der Waals surface area contributed by atoms with Crippen molar-refractivity contribution in [1.29, 1.82) is 0 Å². The monoisotopic (exact) mass is 269 g/mol. The molecule has 0 aromatic heterocycles. The van der Waals surface area contributed by atoms with Gasteiger partial charge in [-0.25, -0.2) is 13.6 Å². The predicted molar refractivity (Wildman–Crippen MR) is 67.5 cm³/mol. The van der Waals surface area contributed by atoms with Gasteiger partial charge in [-0.3, -0.25) is 0 Å². The molecule has 1 aromatic carbocycles. The average molecular weight is 269 g/mol. The van der Waals surface area contributed by atoms with E-state index in [-0.39, 0.29) is 18.1 Å². The third-order valence-corrected chi connectivity index (χ3v) is 3.19. The summed E-state index contributed by atoms with van der Waals surface area (Å²) < 4.78 is 26.0. The minimum Gasteiger partial charge on any atom is -0.329 e. The summed E-state index contributed by atoms with van der Waals surface area (Å²) in [6, 6.07) is 3.19. The Morgan fingerprint density at radius 3 is 2.84 bits per heavy atom. The molecule has 0 bridgehead atoms. The van der Waals surface area contributed by atoms with Crippen molar-refractivity contribution in [2.24, 2.45) is 5.73 Å². The number of nitrogens with zero attached hydrogens (tertiary/aromatic N) is 1. The van der Waals surface area contributed by atoms with Gasteiger partial charge >= 0.3 is 6.03 Å². The second-order valence-electron chi connectivity index (χ2n) is 4.89. The largest absolute Gasteiger partial charge is 0.329 e. The summed E-state index contributed by atoms with van der Waals surface area (Å²) in [5.74, 6) is -1.79. The molecule has 2 amide bonds. The number of halogens is 2. The SMILES string of the molecule is CC(N)CCN1CC(c2ccc(F)c(F)c2)NC1=O. The van der Waals surface area contributed by atoms with Crippen molar-refractivity contribution in [1.82, 2.24) is 10.2 Å². The number of urea groups is 1. The fraction of sp³-hybridized carbons (Fsp3) is 0.462. The first-order valence-electron chi connectivity index (χ1n) is 6.23. The van der Waals surface area contributed by atoms with Crippen molar-refractivity contribution in [2.75, 3.05) is 13.1 Å². The molecule has 104 valence electrons. The van der Waals surface area contributed by atoms with Crippen LogP contribution in [0, 0.1) is 11.6 Å². The molecular formula is C13H17F2N3O. The van der Waals surface area contributed by atoms with Gasteiger partial charge in [0.1, 0.15) is 0 Å². The van der Waals surface area contributed by atoms with Crippen LogP contribution in [0.4, 0.5) is 13.6 Å². The number of hydrogen-bond donors (Lipinski definition) is 2. The van der Waals surface area contributed by atoms with Crippen LogP contribution in [0.1, 0.15) is 24.9 Å². The van der Waals surface area contributed by atoms with Crippen LogP contribution in [0.3, 0.4) is 0 Å². The Balaban J connectivity index is 2.03. The fourth-order valence-corrected chi connectivity index (χ4v) is 2.06. The Hall–Kier alpha value is -1.69. The zero-order valence-corrected chi connectivity index (χ0v) is 10.7. The van der Waals surface area contributed by atoms with Crippen molar-refractivity contribution < 1.29 is 13.6 Å². The van der Waals surface area contributed by atoms with E-state index < -0.39 is 11.6 Å². The Morgan fingerprint density at radius 2 is 2.21 bits per heavy atom. The molecule has 0 saturated carbocycles. The quantitative estimate of drug-likeness (QED) is 0.875. The van der Waals surface area contributed by atoms with Crippen molar-refractivity contribution >= 4 is 6.03 Å². The van der Waals surface area contributed by atoms with Gasteiger partial charge in [0.2, 0.25) is 0 Å². The zero-order valence-electron chi connectivity index (χ0n) is 10.7. The molecular weight excluding hydrogens is 252 g/mol. The van der Waals surface area contributed by atoms with Crippen molar-refractivity contribution in [2.45, 2.75) is 25.4 Å². The van der Waals surface area contributed by atoms with Crippen molar-refractivity contribution in [3.05, 3.63) is 35.4 Å². The number of carbonyl (C=O) groups is 1. The highest BCUT2D eigenvalue weighted by Crippen LogP contribution is 2.22. The highest BCUT2D eigenvalue weighted by molar-refractivity contribution is 5.77. The number of rotatable bonds is 4. The van der Waals surface area contributed by atoms with Gasteiger partial charge in [-0.1, -0.05) is 6.07 Å². The third-order valence-electron chi connectivity index (χ3n) is 3.19. The molecule has 19 heavy (non-hydrogen) atoms. The van der Waals surface area contributed by atoms with Gasteiger partial charge in [0.15, 0.2) is 11.6 Å². The highest BCUT2D eigenvalue weighted by Gasteiger charge is 2.29. The van der Waals surface area contributed by atoms with E-state index in [2.05, 4.69) is 5.32 Å². The minimum absolute atomic E-state index is 0.0233. The average Bonchev–Trinajstić information content (AvgIpc) is 2.71. The molecule has 0 spiro atoms. The Bertz CT molecular complexity index is 479. The molecule has 1 aromatic rings. The van der Waals surface area contributed by atoms with Crippen LogP contribution >= 0.6 is 0 Å². The molecule has 1 heterocycles. The lowest BCUT2D eigenvalue weighted by molar-refractivity contribution is 0.216. The topological polar surface area (TPSA) is 58.4 Å². The minimum atomic E-state index is -0.902. The summed E-state index contributed by atoms with van der Waals surface area (Å²) in [4.78, 5) is 13.4. The van der Waals surface area contributed by atoms with Gasteiger partial charge in [-0.2, -0.15) is 0 Å². The van der Waals surface area contributed by atoms with E-state index in [1.807, 2.05) is 6.92 Å². The van der Waals surface area contributed by atoms with E-state index in [4.69, 9.17) is 5.73 Å². The third kappa shape index (κ3) is 3.20. The lowest BCUT2D eigenvalue weighted by atomic mass is 10.1. The van der Waals surface area contributed by atoms with Gasteiger partial charge in [-0.05, 0) is 31.0 Å². The molecule has 4 nitrogen and oxygen atoms in total. The van der Waals surface area contributed by atoms with Crippen molar-refractivity contribution in [3.63, 3.8) is 0 Å². The first-order chi connectivity index (χ1) is 8.97. The zero-order chi connectivity index (χ0) is 14.0. The molecule has 2 rings (SSSR count). The molecule has 3 N–H and O–H groups in total. The van der Waals surface area contributed by atoms with E-state index in [9.17, 15) is 13.6 Å². The van der Waals surface area contributed by atoms with E-state index >= 15 is 0 Å². The molecule has 2 unspecified atom stereocenters. The van der Waals surface area contributed by atoms with E-state index in [0.29, 0.717) is 25.1 Å². The molecule has 1 fully saturated rings. The van der Waals surface area contributed by atoms with Gasteiger partial charge in [-0.15, -0.1) is 0 Å². The maximum atomic E-state index is 13.2. The van der Waals surface area contributed by atoms with Crippen molar-refractivity contribution in [3.8, 4) is 0 Å². The molecule has 0 radical (unpaired) electrons. The summed E-state index contributed by atoms with van der Waals surface area (Å²) in [6.07, 6.45) is 0.706. The van der Waals surface area contributed by atoms with Gasteiger partial charge in [0.25, 0.3) is 0 Å². The molecule has 1 saturated heterocycles. The second-order valence-corrected chi connectivity index (χ2v) is 4.89. The normalized spacial score (nSPS) is 20.5. The standard InChI is InChI=1S/C13H17F2N3O/c1-8(16)4-5-18-7-12(17-13(18)19)9-2-3-10(14)11(15)6-9/h2-3,6,8,12H,4-5,7,16H2,1H3,(H,17,19). The van der Waals surface area contributed by atoms with Crippen LogP contribution in [0.15, 0.2) is 18.2 Å². The second kappa shape index (κ2) is 5.52. The van der Waals surface area contributed by atoms with Gasteiger partial charge in [0, 0.05) is 19.1 Å². The molecule has 6 heteroatoms. The van der Waals surface area contributed by atoms with Crippen LogP contribution in [-0.2, 0) is 0 Å². The summed E-state index contributed by atoms with van der Waals surface area (Å²) in [6.45, 7) is 2.88. The molecule has 1 aliphatic heterocycles. The van der Waals surface area contributed by atoms with E-state index in [0.717, 1.165) is 12.1 Å². The summed E-state index contributed by atoms with van der Waals surface area (Å²) >= 11 is 0. The summed E-state index contributed by atoms with van der Waals surface area (Å²) in [5.41, 5.74) is 6.21. The van der Waals surface area contributed by atoms with Crippen LogP contribution in [0.2, 0.25) is 0 Å². The van der Waals surface area contributed by atoms with Crippen LogP contribution < -0.4 is 11.1 Å². The Labute approximate surface area is 110 Å². The lowest BCUT2D eigenvalue weighted by Gasteiger charge is -2.16. The Kier molecular flexibility index (Phi) is 3.99. The predicted octanol–water partition coefficient (Wildman–Crippen LogP) is 1.77. The molecule has 2 atom stereocenters. The van der Waals surface area contributed by atoms with Crippen LogP contribution in [-0.4, -0.2) is 30.1 Å². The number of hydrogen-bond acceptors (Lipinski definition) is 2. The van der Waals surface area contributed by atoms with Gasteiger partial charge < -0.3 is 16.0 Å². The fourth-order valence-electron chi connectivity index (χ4n) is 2.06. The summed E-state index contributed by atoms with van der Waals surface area (Å²) in [7, 11) is 0. The highest BCUT2D eigenvalue weighted by atomic mass is 19.2. The number of amides is 2. The first kappa shape index (κ1) is 13.7.